The molecule has 74 valence electrons. The predicted molar refractivity (Wildman–Crippen MR) is 48.0 cm³/mol. The van der Waals surface area contributed by atoms with Gasteiger partial charge in [-0.2, -0.15) is 13.2 Å². The van der Waals surface area contributed by atoms with Crippen LogP contribution in [0.2, 0.25) is 0 Å². The average Bonchev–Trinajstić information content (AvgIpc) is 2.01. The van der Waals surface area contributed by atoms with Crippen LogP contribution in [0.5, 0.6) is 0 Å². The van der Waals surface area contributed by atoms with E-state index in [0.717, 1.165) is 5.57 Å². The Morgan fingerprint density at radius 2 is 2.08 bits per heavy atom. The summed E-state index contributed by atoms with van der Waals surface area (Å²) in [5.74, 6) is 0. The van der Waals surface area contributed by atoms with Crippen molar-refractivity contribution in [3.63, 3.8) is 0 Å². The first-order valence-electron chi connectivity index (χ1n) is 3.81. The highest BCUT2D eigenvalue weighted by Gasteiger charge is 2.25. The topological polar surface area (TPSA) is 12.4 Å². The summed E-state index contributed by atoms with van der Waals surface area (Å²) in [4.78, 5) is 3.58. The molecule has 0 spiro atoms. The summed E-state index contributed by atoms with van der Waals surface area (Å²) in [7, 11) is 0. The van der Waals surface area contributed by atoms with Crippen LogP contribution in [0.25, 0.3) is 0 Å². The standard InChI is InChI=1S/C9H12F3N/c1-3-8(2)4-6-13-7-5-9(10,11)12/h3-4,6H,1,5,7H2,2H3/b8-4+,13-6?. The fourth-order valence-corrected chi connectivity index (χ4v) is 0.504. The minimum absolute atomic E-state index is 0.218. The molecule has 0 aliphatic carbocycles. The summed E-state index contributed by atoms with van der Waals surface area (Å²) in [5, 5.41) is 0. The van der Waals surface area contributed by atoms with Crippen molar-refractivity contribution in [3.8, 4) is 0 Å². The van der Waals surface area contributed by atoms with Gasteiger partial charge in [-0.25, -0.2) is 0 Å². The lowest BCUT2D eigenvalue weighted by atomic mass is 10.3. The lowest BCUT2D eigenvalue weighted by molar-refractivity contribution is -0.132. The van der Waals surface area contributed by atoms with Crippen LogP contribution in [0.1, 0.15) is 13.3 Å². The molecule has 0 aromatic heterocycles. The zero-order chi connectivity index (χ0) is 10.3. The molecule has 0 aromatic rings. The van der Waals surface area contributed by atoms with E-state index in [-0.39, 0.29) is 6.54 Å². The fourth-order valence-electron chi connectivity index (χ4n) is 0.504. The molecule has 13 heavy (non-hydrogen) atoms. The lowest BCUT2D eigenvalue weighted by Crippen LogP contribution is -2.08. The minimum Gasteiger partial charge on any atom is -0.293 e. The van der Waals surface area contributed by atoms with E-state index in [1.165, 1.54) is 6.21 Å². The van der Waals surface area contributed by atoms with Gasteiger partial charge in [0.25, 0.3) is 0 Å². The Hall–Kier alpha value is -1.06. The Kier molecular flexibility index (Phi) is 5.11. The molecule has 0 bridgehead atoms. The highest BCUT2D eigenvalue weighted by molar-refractivity contribution is 5.72. The highest BCUT2D eigenvalue weighted by atomic mass is 19.4. The van der Waals surface area contributed by atoms with Crippen molar-refractivity contribution in [1.29, 1.82) is 0 Å². The first-order valence-corrected chi connectivity index (χ1v) is 3.81. The van der Waals surface area contributed by atoms with Gasteiger partial charge in [0.2, 0.25) is 0 Å². The van der Waals surface area contributed by atoms with Gasteiger partial charge in [0, 0.05) is 12.8 Å². The van der Waals surface area contributed by atoms with Crippen LogP contribution in [0, 0.1) is 0 Å². The average molecular weight is 191 g/mol. The van der Waals surface area contributed by atoms with Crippen LogP contribution in [0.4, 0.5) is 13.2 Å². The van der Waals surface area contributed by atoms with E-state index in [0.29, 0.717) is 0 Å². The highest BCUT2D eigenvalue weighted by Crippen LogP contribution is 2.18. The van der Waals surface area contributed by atoms with Crippen LogP contribution in [0.3, 0.4) is 0 Å². The van der Waals surface area contributed by atoms with Crippen LogP contribution in [-0.2, 0) is 0 Å². The Bertz CT molecular complexity index is 213. The summed E-state index contributed by atoms with van der Waals surface area (Å²) in [5.41, 5.74) is 0.871. The number of halogens is 3. The second-order valence-electron chi connectivity index (χ2n) is 2.54. The molecule has 0 fully saturated rings. The molecule has 1 nitrogen and oxygen atoms in total. The third-order valence-corrected chi connectivity index (χ3v) is 1.29. The van der Waals surface area contributed by atoms with Gasteiger partial charge in [-0.1, -0.05) is 18.2 Å². The normalized spacial score (nSPS) is 13.7. The number of hydrogen-bond acceptors (Lipinski definition) is 1. The number of aliphatic imine (C=N–C) groups is 1. The van der Waals surface area contributed by atoms with Gasteiger partial charge in [-0.15, -0.1) is 0 Å². The van der Waals surface area contributed by atoms with Crippen molar-refractivity contribution in [2.45, 2.75) is 19.5 Å². The molecular weight excluding hydrogens is 179 g/mol. The fraction of sp³-hybridized carbons (Fsp3) is 0.444. The Balaban J connectivity index is 3.71. The van der Waals surface area contributed by atoms with E-state index in [2.05, 4.69) is 11.6 Å². The van der Waals surface area contributed by atoms with E-state index in [4.69, 9.17) is 0 Å². The van der Waals surface area contributed by atoms with E-state index in [1.54, 1.807) is 19.1 Å². The van der Waals surface area contributed by atoms with Crippen LogP contribution >= 0.6 is 0 Å². The van der Waals surface area contributed by atoms with Gasteiger partial charge in [0.1, 0.15) is 0 Å². The van der Waals surface area contributed by atoms with Crippen molar-refractivity contribution >= 4 is 6.21 Å². The Morgan fingerprint density at radius 3 is 2.54 bits per heavy atom. The Labute approximate surface area is 75.7 Å². The van der Waals surface area contributed by atoms with Gasteiger partial charge in [-0.3, -0.25) is 4.99 Å². The van der Waals surface area contributed by atoms with Crippen molar-refractivity contribution in [2.24, 2.45) is 4.99 Å². The third-order valence-electron chi connectivity index (χ3n) is 1.29. The van der Waals surface area contributed by atoms with Gasteiger partial charge < -0.3 is 0 Å². The molecule has 0 saturated heterocycles. The molecule has 0 heterocycles. The minimum atomic E-state index is -4.12. The van der Waals surface area contributed by atoms with Gasteiger partial charge in [0.05, 0.1) is 6.42 Å². The smallest absolute Gasteiger partial charge is 0.293 e. The van der Waals surface area contributed by atoms with Crippen molar-refractivity contribution in [2.75, 3.05) is 6.54 Å². The molecule has 0 aliphatic rings. The van der Waals surface area contributed by atoms with E-state index in [1.807, 2.05) is 0 Å². The maximum atomic E-state index is 11.6. The predicted octanol–water partition coefficient (Wildman–Crippen LogP) is 3.14. The zero-order valence-electron chi connectivity index (χ0n) is 7.43. The number of alkyl halides is 3. The summed E-state index contributed by atoms with van der Waals surface area (Å²) in [6.07, 6.45) is -0.402. The van der Waals surface area contributed by atoms with Crippen LogP contribution in [0.15, 0.2) is 29.3 Å². The number of nitrogens with zero attached hydrogens (tertiary/aromatic N) is 1. The largest absolute Gasteiger partial charge is 0.390 e. The molecule has 0 atom stereocenters. The molecular formula is C9H12F3N. The SMILES string of the molecule is C=C/C(C)=C/C=NCCC(F)(F)F. The molecule has 0 rings (SSSR count). The van der Waals surface area contributed by atoms with E-state index < -0.39 is 12.6 Å². The summed E-state index contributed by atoms with van der Waals surface area (Å²) in [6, 6.07) is 0. The van der Waals surface area contributed by atoms with Crippen LogP contribution < -0.4 is 0 Å². The number of allylic oxidation sites excluding steroid dienone is 3. The van der Waals surface area contributed by atoms with Crippen molar-refractivity contribution < 1.29 is 13.2 Å². The first kappa shape index (κ1) is 11.9. The van der Waals surface area contributed by atoms with Crippen molar-refractivity contribution in [3.05, 3.63) is 24.3 Å². The Morgan fingerprint density at radius 1 is 1.46 bits per heavy atom. The molecule has 0 radical (unpaired) electrons. The van der Waals surface area contributed by atoms with Gasteiger partial charge in [-0.05, 0) is 13.0 Å². The van der Waals surface area contributed by atoms with Gasteiger partial charge >= 0.3 is 6.18 Å². The molecule has 0 N–H and O–H groups in total. The maximum Gasteiger partial charge on any atom is 0.390 e. The van der Waals surface area contributed by atoms with E-state index >= 15 is 0 Å². The summed E-state index contributed by atoms with van der Waals surface area (Å²) in [6.45, 7) is 5.07. The monoisotopic (exact) mass is 191 g/mol. The molecule has 0 unspecified atom stereocenters. The second-order valence-corrected chi connectivity index (χ2v) is 2.54. The zero-order valence-corrected chi connectivity index (χ0v) is 7.43. The first-order chi connectivity index (χ1) is 5.95. The molecule has 0 saturated carbocycles. The van der Waals surface area contributed by atoms with Gasteiger partial charge in [0.15, 0.2) is 0 Å². The quantitative estimate of drug-likeness (QED) is 0.478. The molecule has 0 aliphatic heterocycles. The molecule has 0 amide bonds. The number of rotatable bonds is 4. The summed E-state index contributed by atoms with van der Waals surface area (Å²) >= 11 is 0. The van der Waals surface area contributed by atoms with Crippen molar-refractivity contribution in [1.82, 2.24) is 0 Å². The lowest BCUT2D eigenvalue weighted by Gasteiger charge is -2.01. The number of hydrogen-bond donors (Lipinski definition) is 0. The molecule has 4 heteroatoms. The summed E-state index contributed by atoms with van der Waals surface area (Å²) < 4.78 is 34.8. The third kappa shape index (κ3) is 8.85. The van der Waals surface area contributed by atoms with E-state index in [9.17, 15) is 13.2 Å². The molecule has 0 aromatic carbocycles. The second kappa shape index (κ2) is 5.56. The van der Waals surface area contributed by atoms with Crippen LogP contribution in [-0.4, -0.2) is 18.9 Å². The maximum absolute atomic E-state index is 11.6.